The van der Waals surface area contributed by atoms with E-state index in [-0.39, 0.29) is 17.9 Å². The topological polar surface area (TPSA) is 117 Å². The van der Waals surface area contributed by atoms with Crippen molar-refractivity contribution in [3.63, 3.8) is 0 Å². The maximum atomic E-state index is 12.9. The van der Waals surface area contributed by atoms with Crippen molar-refractivity contribution >= 4 is 34.3 Å². The van der Waals surface area contributed by atoms with Crippen LogP contribution < -0.4 is 10.9 Å². The smallest absolute Gasteiger partial charge is 0.359 e. The highest BCUT2D eigenvalue weighted by atomic mass is 16.5. The molecule has 1 aromatic heterocycles. The maximum Gasteiger partial charge on any atom is 0.359 e. The van der Waals surface area contributed by atoms with Crippen LogP contribution in [-0.4, -0.2) is 40.8 Å². The molecule has 9 heteroatoms. The highest BCUT2D eigenvalue weighted by Gasteiger charge is 2.20. The Kier molecular flexibility index (Phi) is 6.96. The van der Waals surface area contributed by atoms with Gasteiger partial charge in [0.25, 0.3) is 11.5 Å². The van der Waals surface area contributed by atoms with Crippen molar-refractivity contribution in [1.29, 1.82) is 0 Å². The molecule has 1 heterocycles. The summed E-state index contributed by atoms with van der Waals surface area (Å²) in [5, 5.41) is 7.43. The summed E-state index contributed by atoms with van der Waals surface area (Å²) in [4.78, 5) is 49.8. The second-order valence-corrected chi connectivity index (χ2v) is 7.37. The first-order valence-corrected chi connectivity index (χ1v) is 10.8. The summed E-state index contributed by atoms with van der Waals surface area (Å²) < 4.78 is 11.2. The molecule has 0 fully saturated rings. The van der Waals surface area contributed by atoms with Crippen LogP contribution in [0.3, 0.4) is 0 Å². The van der Waals surface area contributed by atoms with Gasteiger partial charge in [-0.3, -0.25) is 9.59 Å². The molecule has 0 bridgehead atoms. The molecule has 3 aromatic carbocycles. The standard InChI is InChI=1S/C26H21N3O6/c1-2-34-25(32)17-12-14-18(15-13-17)27-22(30)16-35-26(33)23-20-10-6-7-11-21(20)24(31)29(28-23)19-8-4-3-5-9-19/h3-15H,2,16H2,1H3,(H,27,30). The largest absolute Gasteiger partial charge is 0.462 e. The van der Waals surface area contributed by atoms with E-state index in [0.29, 0.717) is 27.7 Å². The lowest BCUT2D eigenvalue weighted by Crippen LogP contribution is -2.26. The number of para-hydroxylation sites is 1. The van der Waals surface area contributed by atoms with Crippen molar-refractivity contribution in [2.75, 3.05) is 18.5 Å². The Hall–Kier alpha value is -4.79. The van der Waals surface area contributed by atoms with Crippen LogP contribution in [0.15, 0.2) is 83.7 Å². The summed E-state index contributed by atoms with van der Waals surface area (Å²) in [6.07, 6.45) is 0. The number of carbonyl (C=O) groups is 3. The van der Waals surface area contributed by atoms with E-state index in [1.54, 1.807) is 61.5 Å². The molecule has 0 aliphatic heterocycles. The van der Waals surface area contributed by atoms with Gasteiger partial charge < -0.3 is 14.8 Å². The van der Waals surface area contributed by atoms with Crippen molar-refractivity contribution in [2.45, 2.75) is 6.92 Å². The lowest BCUT2D eigenvalue weighted by atomic mass is 10.1. The van der Waals surface area contributed by atoms with Gasteiger partial charge in [0.1, 0.15) is 0 Å². The predicted molar refractivity (Wildman–Crippen MR) is 129 cm³/mol. The fourth-order valence-electron chi connectivity index (χ4n) is 3.39. The van der Waals surface area contributed by atoms with Gasteiger partial charge in [-0.1, -0.05) is 36.4 Å². The number of ether oxygens (including phenoxy) is 2. The van der Waals surface area contributed by atoms with E-state index in [9.17, 15) is 19.2 Å². The molecule has 0 radical (unpaired) electrons. The average molecular weight is 471 g/mol. The molecule has 0 spiro atoms. The zero-order chi connectivity index (χ0) is 24.8. The van der Waals surface area contributed by atoms with Crippen molar-refractivity contribution < 1.29 is 23.9 Å². The number of anilines is 1. The summed E-state index contributed by atoms with van der Waals surface area (Å²) in [5.41, 5.74) is 0.785. The molecule has 1 N–H and O–H groups in total. The van der Waals surface area contributed by atoms with E-state index in [1.807, 2.05) is 0 Å². The van der Waals surface area contributed by atoms with Crippen LogP contribution in [0.1, 0.15) is 27.8 Å². The Morgan fingerprint density at radius 1 is 0.829 bits per heavy atom. The molecule has 9 nitrogen and oxygen atoms in total. The summed E-state index contributed by atoms with van der Waals surface area (Å²) in [7, 11) is 0. The molecule has 0 unspecified atom stereocenters. The first-order valence-electron chi connectivity index (χ1n) is 10.8. The van der Waals surface area contributed by atoms with Crippen LogP contribution in [-0.2, 0) is 14.3 Å². The van der Waals surface area contributed by atoms with E-state index in [2.05, 4.69) is 10.4 Å². The van der Waals surface area contributed by atoms with Gasteiger partial charge in [0.15, 0.2) is 12.3 Å². The van der Waals surface area contributed by atoms with Gasteiger partial charge in [-0.15, -0.1) is 0 Å². The van der Waals surface area contributed by atoms with Crippen molar-refractivity contribution in [2.24, 2.45) is 0 Å². The van der Waals surface area contributed by atoms with E-state index < -0.39 is 24.5 Å². The third-order valence-electron chi connectivity index (χ3n) is 5.01. The molecule has 0 aliphatic carbocycles. The van der Waals surface area contributed by atoms with Gasteiger partial charge in [0.2, 0.25) is 0 Å². The molecular formula is C26H21N3O6. The number of esters is 2. The summed E-state index contributed by atoms with van der Waals surface area (Å²) >= 11 is 0. The van der Waals surface area contributed by atoms with Gasteiger partial charge in [0.05, 0.1) is 23.2 Å². The third kappa shape index (κ3) is 5.25. The minimum Gasteiger partial charge on any atom is -0.462 e. The highest BCUT2D eigenvalue weighted by molar-refractivity contribution is 6.03. The zero-order valence-electron chi connectivity index (χ0n) is 18.8. The number of hydrogen-bond donors (Lipinski definition) is 1. The van der Waals surface area contributed by atoms with Gasteiger partial charge in [-0.2, -0.15) is 9.78 Å². The number of aromatic nitrogens is 2. The van der Waals surface area contributed by atoms with E-state index >= 15 is 0 Å². The molecule has 0 atom stereocenters. The average Bonchev–Trinajstić information content (AvgIpc) is 2.89. The third-order valence-corrected chi connectivity index (χ3v) is 5.01. The van der Waals surface area contributed by atoms with Gasteiger partial charge in [-0.05, 0) is 49.4 Å². The Morgan fingerprint density at radius 3 is 2.17 bits per heavy atom. The summed E-state index contributed by atoms with van der Waals surface area (Å²) in [6, 6.07) is 21.4. The van der Waals surface area contributed by atoms with E-state index in [0.717, 1.165) is 4.68 Å². The Bertz CT molecular complexity index is 1450. The molecule has 0 saturated carbocycles. The lowest BCUT2D eigenvalue weighted by molar-refractivity contribution is -0.119. The van der Waals surface area contributed by atoms with Crippen LogP contribution in [0.5, 0.6) is 0 Å². The summed E-state index contributed by atoms with van der Waals surface area (Å²) in [6.45, 7) is 1.40. The second-order valence-electron chi connectivity index (χ2n) is 7.37. The first kappa shape index (κ1) is 23.4. The van der Waals surface area contributed by atoms with Crippen LogP contribution >= 0.6 is 0 Å². The zero-order valence-corrected chi connectivity index (χ0v) is 18.8. The first-order chi connectivity index (χ1) is 17.0. The van der Waals surface area contributed by atoms with Gasteiger partial charge in [0, 0.05) is 11.1 Å². The molecular weight excluding hydrogens is 450 g/mol. The molecule has 35 heavy (non-hydrogen) atoms. The van der Waals surface area contributed by atoms with Crippen LogP contribution in [0.25, 0.3) is 16.5 Å². The van der Waals surface area contributed by atoms with Crippen LogP contribution in [0.2, 0.25) is 0 Å². The number of carbonyl (C=O) groups excluding carboxylic acids is 3. The minimum absolute atomic E-state index is 0.0874. The Morgan fingerprint density at radius 2 is 1.49 bits per heavy atom. The number of amides is 1. The number of nitrogens with zero attached hydrogens (tertiary/aromatic N) is 2. The molecule has 0 aliphatic rings. The Balaban J connectivity index is 1.50. The number of rotatable bonds is 7. The Labute approximate surface area is 199 Å². The lowest BCUT2D eigenvalue weighted by Gasteiger charge is -2.11. The summed E-state index contributed by atoms with van der Waals surface area (Å²) in [5.74, 6) is -1.89. The number of fused-ring (bicyclic) bond motifs is 1. The SMILES string of the molecule is CCOC(=O)c1ccc(NC(=O)COC(=O)c2nn(-c3ccccc3)c(=O)c3ccccc23)cc1. The molecule has 176 valence electrons. The van der Waals surface area contributed by atoms with E-state index in [4.69, 9.17) is 9.47 Å². The fraction of sp³-hybridized carbons (Fsp3) is 0.115. The van der Waals surface area contributed by atoms with Crippen molar-refractivity contribution in [1.82, 2.24) is 9.78 Å². The molecule has 0 saturated heterocycles. The van der Waals surface area contributed by atoms with E-state index in [1.165, 1.54) is 24.3 Å². The monoisotopic (exact) mass is 471 g/mol. The molecule has 4 aromatic rings. The predicted octanol–water partition coefficient (Wildman–Crippen LogP) is 3.36. The maximum absolute atomic E-state index is 12.9. The fourth-order valence-corrected chi connectivity index (χ4v) is 3.39. The number of hydrogen-bond acceptors (Lipinski definition) is 7. The minimum atomic E-state index is -0.848. The highest BCUT2D eigenvalue weighted by Crippen LogP contribution is 2.16. The number of benzene rings is 3. The second kappa shape index (κ2) is 10.4. The van der Waals surface area contributed by atoms with Gasteiger partial charge in [-0.25, -0.2) is 9.59 Å². The van der Waals surface area contributed by atoms with Gasteiger partial charge >= 0.3 is 11.9 Å². The molecule has 4 rings (SSSR count). The van der Waals surface area contributed by atoms with Crippen molar-refractivity contribution in [3.8, 4) is 5.69 Å². The quantitative estimate of drug-likeness (QED) is 0.411. The molecule has 1 amide bonds. The normalized spacial score (nSPS) is 10.5. The van der Waals surface area contributed by atoms with Crippen LogP contribution in [0, 0.1) is 0 Å². The van der Waals surface area contributed by atoms with Crippen LogP contribution in [0.4, 0.5) is 5.69 Å². The number of nitrogens with one attached hydrogen (secondary N) is 1. The van der Waals surface area contributed by atoms with Crippen molar-refractivity contribution in [3.05, 3.63) is 100 Å².